The molecule has 0 amide bonds. The van der Waals surface area contributed by atoms with Crippen LogP contribution >= 0.6 is 0 Å². The number of benzene rings is 2. The van der Waals surface area contributed by atoms with Crippen molar-refractivity contribution < 1.29 is 4.74 Å². The molecule has 0 spiro atoms. The van der Waals surface area contributed by atoms with Crippen LogP contribution in [0.1, 0.15) is 11.3 Å². The van der Waals surface area contributed by atoms with Gasteiger partial charge in [0.2, 0.25) is 0 Å². The van der Waals surface area contributed by atoms with Crippen molar-refractivity contribution in [2.24, 2.45) is 7.05 Å². The van der Waals surface area contributed by atoms with Gasteiger partial charge in [0.25, 0.3) is 0 Å². The van der Waals surface area contributed by atoms with E-state index in [1.54, 1.807) is 7.11 Å². The summed E-state index contributed by atoms with van der Waals surface area (Å²) in [7, 11) is 3.82. The van der Waals surface area contributed by atoms with Crippen molar-refractivity contribution >= 4 is 16.6 Å². The van der Waals surface area contributed by atoms with E-state index < -0.39 is 0 Å². The summed E-state index contributed by atoms with van der Waals surface area (Å²) in [6, 6.07) is 16.5. The zero-order chi connectivity index (χ0) is 14.8. The van der Waals surface area contributed by atoms with Crippen molar-refractivity contribution in [1.29, 1.82) is 0 Å². The molecule has 0 aliphatic carbocycles. The van der Waals surface area contributed by atoms with Crippen LogP contribution in [0.3, 0.4) is 0 Å². The number of ether oxygens (including phenoxy) is 1. The SMILES string of the molecule is COc1ccccc1NCc1c(C)c2ccccc2n1C. The van der Waals surface area contributed by atoms with Crippen LogP contribution in [-0.4, -0.2) is 11.7 Å². The summed E-state index contributed by atoms with van der Waals surface area (Å²) in [5.41, 5.74) is 4.91. The molecule has 21 heavy (non-hydrogen) atoms. The molecule has 3 nitrogen and oxygen atoms in total. The molecule has 108 valence electrons. The lowest BCUT2D eigenvalue weighted by Crippen LogP contribution is -2.06. The maximum Gasteiger partial charge on any atom is 0.141 e. The van der Waals surface area contributed by atoms with Gasteiger partial charge in [0, 0.05) is 23.6 Å². The summed E-state index contributed by atoms with van der Waals surface area (Å²) in [5, 5.41) is 4.79. The second-order valence-electron chi connectivity index (χ2n) is 5.20. The maximum atomic E-state index is 5.38. The fourth-order valence-electron chi connectivity index (χ4n) is 2.86. The highest BCUT2D eigenvalue weighted by atomic mass is 16.5. The number of hydrogen-bond donors (Lipinski definition) is 1. The molecule has 0 saturated heterocycles. The molecule has 0 radical (unpaired) electrons. The highest BCUT2D eigenvalue weighted by molar-refractivity contribution is 5.85. The van der Waals surface area contributed by atoms with E-state index in [-0.39, 0.29) is 0 Å². The van der Waals surface area contributed by atoms with Crippen LogP contribution in [0.5, 0.6) is 5.75 Å². The molecular weight excluding hydrogens is 260 g/mol. The zero-order valence-electron chi connectivity index (χ0n) is 12.7. The van der Waals surface area contributed by atoms with Gasteiger partial charge in [0.05, 0.1) is 19.3 Å². The van der Waals surface area contributed by atoms with E-state index in [0.29, 0.717) is 0 Å². The van der Waals surface area contributed by atoms with Gasteiger partial charge >= 0.3 is 0 Å². The standard InChI is InChI=1S/C18H20N2O/c1-13-14-8-4-6-10-16(14)20(2)17(13)12-19-15-9-5-7-11-18(15)21-3/h4-11,19H,12H2,1-3H3. The summed E-state index contributed by atoms with van der Waals surface area (Å²) in [6.45, 7) is 2.96. The van der Waals surface area contributed by atoms with Crippen LogP contribution in [0.15, 0.2) is 48.5 Å². The Morgan fingerprint density at radius 1 is 1.05 bits per heavy atom. The summed E-state index contributed by atoms with van der Waals surface area (Å²) >= 11 is 0. The average molecular weight is 280 g/mol. The third kappa shape index (κ3) is 2.35. The van der Waals surface area contributed by atoms with Gasteiger partial charge in [-0.1, -0.05) is 30.3 Å². The number of fused-ring (bicyclic) bond motifs is 1. The van der Waals surface area contributed by atoms with Gasteiger partial charge in [-0.2, -0.15) is 0 Å². The molecule has 2 aromatic carbocycles. The molecule has 3 aromatic rings. The van der Waals surface area contributed by atoms with E-state index in [1.807, 2.05) is 24.3 Å². The Morgan fingerprint density at radius 3 is 2.52 bits per heavy atom. The normalized spacial score (nSPS) is 10.8. The van der Waals surface area contributed by atoms with E-state index in [2.05, 4.69) is 48.1 Å². The Hall–Kier alpha value is -2.42. The molecule has 3 heteroatoms. The van der Waals surface area contributed by atoms with E-state index >= 15 is 0 Å². The third-order valence-corrected chi connectivity index (χ3v) is 4.06. The smallest absolute Gasteiger partial charge is 0.141 e. The van der Waals surface area contributed by atoms with Crippen molar-refractivity contribution in [2.45, 2.75) is 13.5 Å². The van der Waals surface area contributed by atoms with Crippen molar-refractivity contribution in [3.8, 4) is 5.75 Å². The van der Waals surface area contributed by atoms with Crippen LogP contribution in [-0.2, 0) is 13.6 Å². The topological polar surface area (TPSA) is 26.2 Å². The largest absolute Gasteiger partial charge is 0.495 e. The van der Waals surface area contributed by atoms with Crippen molar-refractivity contribution in [2.75, 3.05) is 12.4 Å². The molecule has 0 atom stereocenters. The summed E-state index contributed by atoms with van der Waals surface area (Å²) < 4.78 is 7.64. The Morgan fingerprint density at radius 2 is 1.76 bits per heavy atom. The van der Waals surface area contributed by atoms with Gasteiger partial charge in [-0.05, 0) is 30.7 Å². The Labute approximate surface area is 125 Å². The second-order valence-corrected chi connectivity index (χ2v) is 5.20. The molecule has 1 N–H and O–H groups in total. The zero-order valence-corrected chi connectivity index (χ0v) is 12.7. The highest BCUT2D eigenvalue weighted by Crippen LogP contribution is 2.27. The first kappa shape index (κ1) is 13.6. The lowest BCUT2D eigenvalue weighted by Gasteiger charge is -2.12. The Bertz CT molecular complexity index is 735. The predicted octanol–water partition coefficient (Wildman–Crippen LogP) is 4.11. The number of aromatic nitrogens is 1. The molecule has 1 aromatic heterocycles. The lowest BCUT2D eigenvalue weighted by atomic mass is 10.1. The van der Waals surface area contributed by atoms with E-state index in [0.717, 1.165) is 18.0 Å². The number of aryl methyl sites for hydroxylation is 2. The van der Waals surface area contributed by atoms with Gasteiger partial charge in [0.15, 0.2) is 0 Å². The van der Waals surface area contributed by atoms with E-state index in [9.17, 15) is 0 Å². The van der Waals surface area contributed by atoms with E-state index in [1.165, 1.54) is 22.2 Å². The number of anilines is 1. The molecule has 0 bridgehead atoms. The second kappa shape index (κ2) is 5.52. The van der Waals surface area contributed by atoms with Gasteiger partial charge in [-0.15, -0.1) is 0 Å². The highest BCUT2D eigenvalue weighted by Gasteiger charge is 2.11. The van der Waals surface area contributed by atoms with Gasteiger partial charge in [-0.3, -0.25) is 0 Å². The van der Waals surface area contributed by atoms with Gasteiger partial charge < -0.3 is 14.6 Å². The summed E-state index contributed by atoms with van der Waals surface area (Å²) in [6.07, 6.45) is 0. The fraction of sp³-hybridized carbons (Fsp3) is 0.222. The summed E-state index contributed by atoms with van der Waals surface area (Å²) in [4.78, 5) is 0. The first-order valence-electron chi connectivity index (χ1n) is 7.12. The van der Waals surface area contributed by atoms with Crippen LogP contribution in [0, 0.1) is 6.92 Å². The monoisotopic (exact) mass is 280 g/mol. The molecule has 0 aliphatic rings. The van der Waals surface area contributed by atoms with Gasteiger partial charge in [-0.25, -0.2) is 0 Å². The lowest BCUT2D eigenvalue weighted by molar-refractivity contribution is 0.416. The van der Waals surface area contributed by atoms with Crippen LogP contribution in [0.25, 0.3) is 10.9 Å². The molecule has 0 fully saturated rings. The summed E-state index contributed by atoms with van der Waals surface area (Å²) in [5.74, 6) is 0.869. The first-order chi connectivity index (χ1) is 10.2. The number of nitrogens with one attached hydrogen (secondary N) is 1. The molecule has 3 rings (SSSR count). The first-order valence-corrected chi connectivity index (χ1v) is 7.12. The molecule has 0 aliphatic heterocycles. The minimum Gasteiger partial charge on any atom is -0.495 e. The molecular formula is C18H20N2O. The number of methoxy groups -OCH3 is 1. The Kier molecular flexibility index (Phi) is 3.57. The van der Waals surface area contributed by atoms with Crippen molar-refractivity contribution in [3.63, 3.8) is 0 Å². The Balaban J connectivity index is 1.92. The minimum atomic E-state index is 0.775. The quantitative estimate of drug-likeness (QED) is 0.778. The fourth-order valence-corrected chi connectivity index (χ4v) is 2.86. The number of nitrogens with zero attached hydrogens (tertiary/aromatic N) is 1. The number of rotatable bonds is 4. The van der Waals surface area contributed by atoms with E-state index in [4.69, 9.17) is 4.74 Å². The molecule has 1 heterocycles. The predicted molar refractivity (Wildman–Crippen MR) is 88.0 cm³/mol. The third-order valence-electron chi connectivity index (χ3n) is 4.06. The van der Waals surface area contributed by atoms with Crippen molar-refractivity contribution in [1.82, 2.24) is 4.57 Å². The number of para-hydroxylation sites is 3. The maximum absolute atomic E-state index is 5.38. The minimum absolute atomic E-state index is 0.775. The van der Waals surface area contributed by atoms with Crippen LogP contribution in [0.2, 0.25) is 0 Å². The molecule has 0 unspecified atom stereocenters. The van der Waals surface area contributed by atoms with Crippen LogP contribution in [0.4, 0.5) is 5.69 Å². The average Bonchev–Trinajstić information content (AvgIpc) is 2.78. The van der Waals surface area contributed by atoms with Crippen LogP contribution < -0.4 is 10.1 Å². The van der Waals surface area contributed by atoms with Gasteiger partial charge in [0.1, 0.15) is 5.75 Å². The molecule has 0 saturated carbocycles. The van der Waals surface area contributed by atoms with Crippen molar-refractivity contribution in [3.05, 3.63) is 59.8 Å². The number of hydrogen-bond acceptors (Lipinski definition) is 2.